The summed E-state index contributed by atoms with van der Waals surface area (Å²) in [6.45, 7) is 0. The van der Waals surface area contributed by atoms with Crippen LogP contribution in [0.5, 0.6) is 0 Å². The van der Waals surface area contributed by atoms with Gasteiger partial charge in [-0.1, -0.05) is 6.42 Å². The van der Waals surface area contributed by atoms with E-state index in [0.29, 0.717) is 12.8 Å². The smallest absolute Gasteiger partial charge is 0.246 e. The third-order valence-electron chi connectivity index (χ3n) is 3.75. The number of hydrogen-bond donors (Lipinski definition) is 1. The van der Waals surface area contributed by atoms with Gasteiger partial charge in [0.25, 0.3) is 0 Å². The van der Waals surface area contributed by atoms with E-state index in [0.717, 1.165) is 19.3 Å². The number of rotatable bonds is 2. The largest absolute Gasteiger partial charge is 0.302 e. The lowest BCUT2D eigenvalue weighted by atomic mass is 10.00. The summed E-state index contributed by atoms with van der Waals surface area (Å²) in [6, 6.07) is 2.10. The van der Waals surface area contributed by atoms with Crippen LogP contribution in [-0.2, 0) is 9.59 Å². The molecule has 3 atom stereocenters. The minimum Gasteiger partial charge on any atom is -0.302 e. The molecule has 0 aromatic rings. The SMILES string of the molecule is CN1C(=O)CCC(NC2CCCC2C#N)C1=O. The average Bonchev–Trinajstić information content (AvgIpc) is 2.77. The Morgan fingerprint density at radius 3 is 2.82 bits per heavy atom. The van der Waals surface area contributed by atoms with Crippen LogP contribution in [0.1, 0.15) is 32.1 Å². The molecule has 2 amide bonds. The standard InChI is InChI=1S/C12H17N3O2/c1-15-11(16)6-5-10(12(15)17)14-9-4-2-3-8(9)7-13/h8-10,14H,2-6H2,1H3. The summed E-state index contributed by atoms with van der Waals surface area (Å²) in [5.41, 5.74) is 0. The minimum absolute atomic E-state index is 0.00531. The van der Waals surface area contributed by atoms with Gasteiger partial charge in [0.05, 0.1) is 18.0 Å². The second-order valence-electron chi connectivity index (χ2n) is 4.82. The van der Waals surface area contributed by atoms with Crippen molar-refractivity contribution >= 4 is 11.8 Å². The Kier molecular flexibility index (Phi) is 3.43. The predicted molar refractivity (Wildman–Crippen MR) is 60.7 cm³/mol. The lowest BCUT2D eigenvalue weighted by Crippen LogP contribution is -2.54. The zero-order valence-corrected chi connectivity index (χ0v) is 9.98. The van der Waals surface area contributed by atoms with Crippen LogP contribution in [0.4, 0.5) is 0 Å². The summed E-state index contributed by atoms with van der Waals surface area (Å²) < 4.78 is 0. The predicted octanol–water partition coefficient (Wildman–Crippen LogP) is 0.416. The Hall–Kier alpha value is -1.41. The van der Waals surface area contributed by atoms with Crippen LogP contribution in [0.25, 0.3) is 0 Å². The number of hydrogen-bond acceptors (Lipinski definition) is 4. The fourth-order valence-electron chi connectivity index (χ4n) is 2.64. The topological polar surface area (TPSA) is 73.2 Å². The number of likely N-dealkylation sites (tertiary alicyclic amines) is 1. The monoisotopic (exact) mass is 235 g/mol. The zero-order valence-electron chi connectivity index (χ0n) is 9.98. The number of carbonyl (C=O) groups excluding carboxylic acids is 2. The van der Waals surface area contributed by atoms with Gasteiger partial charge in [-0.25, -0.2) is 0 Å². The molecule has 0 spiro atoms. The van der Waals surface area contributed by atoms with Crippen molar-refractivity contribution in [1.29, 1.82) is 5.26 Å². The molecule has 1 saturated heterocycles. The van der Waals surface area contributed by atoms with Crippen molar-refractivity contribution in [3.63, 3.8) is 0 Å². The van der Waals surface area contributed by atoms with Gasteiger partial charge in [-0.3, -0.25) is 14.5 Å². The highest BCUT2D eigenvalue weighted by atomic mass is 16.2. The summed E-state index contributed by atoms with van der Waals surface area (Å²) in [7, 11) is 1.52. The van der Waals surface area contributed by atoms with Gasteiger partial charge >= 0.3 is 0 Å². The zero-order chi connectivity index (χ0) is 12.4. The molecule has 1 saturated carbocycles. The summed E-state index contributed by atoms with van der Waals surface area (Å²) in [4.78, 5) is 24.4. The maximum atomic E-state index is 11.9. The molecule has 5 heteroatoms. The molecular weight excluding hydrogens is 218 g/mol. The van der Waals surface area contributed by atoms with Crippen LogP contribution in [0.3, 0.4) is 0 Å². The maximum absolute atomic E-state index is 11.9. The molecule has 1 N–H and O–H groups in total. The van der Waals surface area contributed by atoms with E-state index in [4.69, 9.17) is 5.26 Å². The van der Waals surface area contributed by atoms with Crippen molar-refractivity contribution in [1.82, 2.24) is 10.2 Å². The second kappa shape index (κ2) is 4.84. The van der Waals surface area contributed by atoms with Gasteiger partial charge in [0, 0.05) is 19.5 Å². The molecule has 0 aromatic heterocycles. The van der Waals surface area contributed by atoms with Gasteiger partial charge in [0.15, 0.2) is 0 Å². The van der Waals surface area contributed by atoms with Crippen LogP contribution in [-0.4, -0.2) is 35.8 Å². The molecule has 17 heavy (non-hydrogen) atoms. The number of carbonyl (C=O) groups is 2. The maximum Gasteiger partial charge on any atom is 0.246 e. The summed E-state index contributed by atoms with van der Waals surface area (Å²) >= 11 is 0. The van der Waals surface area contributed by atoms with E-state index in [1.165, 1.54) is 11.9 Å². The van der Waals surface area contributed by atoms with E-state index in [-0.39, 0.29) is 29.8 Å². The molecule has 1 aliphatic carbocycles. The molecule has 0 aromatic carbocycles. The van der Waals surface area contributed by atoms with E-state index < -0.39 is 0 Å². The van der Waals surface area contributed by atoms with E-state index >= 15 is 0 Å². The van der Waals surface area contributed by atoms with Crippen molar-refractivity contribution in [2.24, 2.45) is 5.92 Å². The molecule has 3 unspecified atom stereocenters. The van der Waals surface area contributed by atoms with Crippen LogP contribution in [0, 0.1) is 17.2 Å². The summed E-state index contributed by atoms with van der Waals surface area (Å²) in [5.74, 6) is -0.271. The van der Waals surface area contributed by atoms with Crippen LogP contribution in [0.15, 0.2) is 0 Å². The third kappa shape index (κ3) is 2.32. The molecule has 2 aliphatic rings. The van der Waals surface area contributed by atoms with Crippen molar-refractivity contribution in [2.45, 2.75) is 44.2 Å². The fraction of sp³-hybridized carbons (Fsp3) is 0.750. The minimum atomic E-state index is -0.295. The Labute approximate surface area is 101 Å². The molecule has 2 fully saturated rings. The van der Waals surface area contributed by atoms with Gasteiger partial charge in [-0.15, -0.1) is 0 Å². The van der Waals surface area contributed by atoms with Crippen LogP contribution in [0.2, 0.25) is 0 Å². The Morgan fingerprint density at radius 1 is 1.35 bits per heavy atom. The summed E-state index contributed by atoms with van der Waals surface area (Å²) in [6.07, 6.45) is 3.84. The van der Waals surface area contributed by atoms with Gasteiger partial charge in [-0.05, 0) is 19.3 Å². The van der Waals surface area contributed by atoms with Gasteiger partial charge in [0.2, 0.25) is 11.8 Å². The molecule has 0 bridgehead atoms. The van der Waals surface area contributed by atoms with Crippen molar-refractivity contribution in [3.05, 3.63) is 0 Å². The molecule has 1 aliphatic heterocycles. The number of nitrogens with zero attached hydrogens (tertiary/aromatic N) is 2. The highest BCUT2D eigenvalue weighted by molar-refractivity contribution is 6.00. The highest BCUT2D eigenvalue weighted by Gasteiger charge is 2.36. The fourth-order valence-corrected chi connectivity index (χ4v) is 2.64. The first-order valence-electron chi connectivity index (χ1n) is 6.09. The van der Waals surface area contributed by atoms with E-state index in [1.807, 2.05) is 0 Å². The van der Waals surface area contributed by atoms with Crippen LogP contribution < -0.4 is 5.32 Å². The third-order valence-corrected chi connectivity index (χ3v) is 3.75. The Morgan fingerprint density at radius 2 is 2.12 bits per heavy atom. The van der Waals surface area contributed by atoms with Gasteiger partial charge in [0.1, 0.15) is 0 Å². The quantitative estimate of drug-likeness (QED) is 0.704. The Balaban J connectivity index is 1.98. The lowest BCUT2D eigenvalue weighted by Gasteiger charge is -2.31. The second-order valence-corrected chi connectivity index (χ2v) is 4.82. The number of nitriles is 1. The van der Waals surface area contributed by atoms with Crippen molar-refractivity contribution in [3.8, 4) is 6.07 Å². The normalized spacial score (nSPS) is 33.9. The highest BCUT2D eigenvalue weighted by Crippen LogP contribution is 2.26. The first kappa shape index (κ1) is 12.1. The van der Waals surface area contributed by atoms with Crippen LogP contribution >= 0.6 is 0 Å². The van der Waals surface area contributed by atoms with Gasteiger partial charge < -0.3 is 5.32 Å². The van der Waals surface area contributed by atoms with E-state index in [2.05, 4.69) is 11.4 Å². The van der Waals surface area contributed by atoms with E-state index in [1.54, 1.807) is 0 Å². The number of nitrogens with one attached hydrogen (secondary N) is 1. The van der Waals surface area contributed by atoms with Crippen molar-refractivity contribution < 1.29 is 9.59 Å². The van der Waals surface area contributed by atoms with Crippen molar-refractivity contribution in [2.75, 3.05) is 7.05 Å². The number of imide groups is 1. The molecule has 2 rings (SSSR count). The number of likely N-dealkylation sites (N-methyl/N-ethyl adjacent to an activating group) is 1. The summed E-state index contributed by atoms with van der Waals surface area (Å²) in [5, 5.41) is 12.2. The molecule has 1 heterocycles. The van der Waals surface area contributed by atoms with E-state index in [9.17, 15) is 9.59 Å². The number of amides is 2. The molecule has 92 valence electrons. The first-order chi connectivity index (χ1) is 8.13. The Bertz CT molecular complexity index is 374. The lowest BCUT2D eigenvalue weighted by molar-refractivity contribution is -0.148. The average molecular weight is 235 g/mol. The van der Waals surface area contributed by atoms with Gasteiger partial charge in [-0.2, -0.15) is 5.26 Å². The molecule has 0 radical (unpaired) electrons. The molecule has 5 nitrogen and oxygen atoms in total. The number of piperidine rings is 1. The first-order valence-corrected chi connectivity index (χ1v) is 6.09. The molecular formula is C12H17N3O2.